The van der Waals surface area contributed by atoms with Gasteiger partial charge >= 0.3 is 0 Å². The maximum Gasteiger partial charge on any atom is 0.253 e. The van der Waals surface area contributed by atoms with Crippen molar-refractivity contribution < 1.29 is 33.1 Å². The molecule has 0 aliphatic carbocycles. The fourth-order valence-electron chi connectivity index (χ4n) is 4.06. The van der Waals surface area contributed by atoms with E-state index in [0.29, 0.717) is 19.2 Å². The Balaban J connectivity index is 2.28. The lowest BCUT2D eigenvalue weighted by Gasteiger charge is -2.26. The van der Waals surface area contributed by atoms with Gasteiger partial charge < -0.3 is 26.0 Å². The van der Waals surface area contributed by atoms with Crippen LogP contribution in [0.15, 0.2) is 42.5 Å². The molecule has 0 bridgehead atoms. The van der Waals surface area contributed by atoms with Crippen molar-refractivity contribution in [2.75, 3.05) is 20.1 Å². The minimum absolute atomic E-state index is 0.124. The highest BCUT2D eigenvalue weighted by molar-refractivity contribution is 5.99. The average Bonchev–Trinajstić information content (AvgIpc) is 2.89. The van der Waals surface area contributed by atoms with Crippen molar-refractivity contribution in [1.82, 2.24) is 20.9 Å². The fourth-order valence-corrected chi connectivity index (χ4v) is 4.06. The molecule has 2 rings (SSSR count). The first-order valence-electron chi connectivity index (χ1n) is 13.2. The molecule has 0 aliphatic heterocycles. The number of halogens is 2. The summed E-state index contributed by atoms with van der Waals surface area (Å²) < 4.78 is 27.7. The van der Waals surface area contributed by atoms with E-state index in [-0.39, 0.29) is 40.8 Å². The molecule has 0 saturated heterocycles. The topological polar surface area (TPSA) is 128 Å². The number of carbonyl (C=O) groups excluding carboxylic acids is 4. The Kier molecular flexibility index (Phi) is 12.2. The van der Waals surface area contributed by atoms with Gasteiger partial charge in [0, 0.05) is 37.3 Å². The predicted octanol–water partition coefficient (Wildman–Crippen LogP) is 2.43. The number of aliphatic hydroxyl groups excluding tert-OH is 1. The van der Waals surface area contributed by atoms with Crippen LogP contribution in [0.5, 0.6) is 0 Å². The lowest BCUT2D eigenvalue weighted by atomic mass is 9.97. The molecule has 0 heterocycles. The van der Waals surface area contributed by atoms with E-state index < -0.39 is 48.1 Å². The van der Waals surface area contributed by atoms with Crippen LogP contribution < -0.4 is 16.0 Å². The third-order valence-corrected chi connectivity index (χ3v) is 6.36. The van der Waals surface area contributed by atoms with Crippen molar-refractivity contribution in [3.05, 3.63) is 70.8 Å². The fraction of sp³-hybridized carbons (Fsp3) is 0.448. The van der Waals surface area contributed by atoms with E-state index in [1.807, 2.05) is 6.92 Å². The quantitative estimate of drug-likeness (QED) is 0.299. The lowest BCUT2D eigenvalue weighted by molar-refractivity contribution is -0.131. The molecular weight excluding hydrogens is 522 g/mol. The van der Waals surface area contributed by atoms with E-state index in [9.17, 15) is 33.1 Å². The van der Waals surface area contributed by atoms with Crippen LogP contribution in [0.1, 0.15) is 60.4 Å². The molecule has 218 valence electrons. The number of nitrogens with one attached hydrogen (secondary N) is 3. The molecule has 40 heavy (non-hydrogen) atoms. The number of aliphatic hydroxyl groups is 1. The van der Waals surface area contributed by atoms with Gasteiger partial charge in [-0.15, -0.1) is 0 Å². The molecule has 0 saturated carbocycles. The molecule has 4 amide bonds. The van der Waals surface area contributed by atoms with Crippen LogP contribution >= 0.6 is 0 Å². The van der Waals surface area contributed by atoms with E-state index >= 15 is 0 Å². The molecule has 2 aromatic rings. The molecule has 0 unspecified atom stereocenters. The molecule has 2 aromatic carbocycles. The van der Waals surface area contributed by atoms with E-state index in [1.165, 1.54) is 17.0 Å². The summed E-state index contributed by atoms with van der Waals surface area (Å²) in [7, 11) is 1.63. The molecule has 0 aliphatic rings. The number of hydrogen-bond donors (Lipinski definition) is 4. The maximum atomic E-state index is 13.9. The highest BCUT2D eigenvalue weighted by atomic mass is 19.1. The number of nitrogens with zero attached hydrogens (tertiary/aromatic N) is 1. The summed E-state index contributed by atoms with van der Waals surface area (Å²) in [6, 6.07) is 6.85. The summed E-state index contributed by atoms with van der Waals surface area (Å²) in [5.74, 6) is -3.86. The van der Waals surface area contributed by atoms with E-state index in [2.05, 4.69) is 16.0 Å². The largest absolute Gasteiger partial charge is 0.390 e. The zero-order valence-electron chi connectivity index (χ0n) is 23.5. The van der Waals surface area contributed by atoms with Crippen LogP contribution in [0.3, 0.4) is 0 Å². The highest BCUT2D eigenvalue weighted by Gasteiger charge is 2.29. The second kappa shape index (κ2) is 15.1. The minimum atomic E-state index is -1.48. The first-order chi connectivity index (χ1) is 18.9. The van der Waals surface area contributed by atoms with E-state index in [4.69, 9.17) is 0 Å². The maximum absolute atomic E-state index is 13.9. The Morgan fingerprint density at radius 1 is 0.950 bits per heavy atom. The van der Waals surface area contributed by atoms with Gasteiger partial charge in [-0.1, -0.05) is 19.9 Å². The Bertz CT molecular complexity index is 1190. The van der Waals surface area contributed by atoms with Gasteiger partial charge in [-0.25, -0.2) is 8.78 Å². The van der Waals surface area contributed by atoms with Crippen molar-refractivity contribution in [1.29, 1.82) is 0 Å². The Labute approximate surface area is 233 Å². The molecule has 0 aromatic heterocycles. The molecule has 4 N–H and O–H groups in total. The van der Waals surface area contributed by atoms with Crippen molar-refractivity contribution >= 4 is 23.6 Å². The molecule has 3 atom stereocenters. The number of benzene rings is 2. The smallest absolute Gasteiger partial charge is 0.253 e. The summed E-state index contributed by atoms with van der Waals surface area (Å²) >= 11 is 0. The number of rotatable bonds is 13. The summed E-state index contributed by atoms with van der Waals surface area (Å²) in [6.07, 6.45) is -2.17. The zero-order valence-corrected chi connectivity index (χ0v) is 23.5. The number of amides is 4. The predicted molar refractivity (Wildman–Crippen MR) is 146 cm³/mol. The second-order valence-corrected chi connectivity index (χ2v) is 9.92. The Morgan fingerprint density at radius 2 is 1.57 bits per heavy atom. The van der Waals surface area contributed by atoms with Crippen LogP contribution in [0.2, 0.25) is 0 Å². The van der Waals surface area contributed by atoms with Gasteiger partial charge in [0.15, 0.2) is 0 Å². The van der Waals surface area contributed by atoms with Gasteiger partial charge in [0.05, 0.1) is 18.6 Å². The number of hydrogen-bond acceptors (Lipinski definition) is 5. The number of carbonyl (C=O) groups is 4. The molecule has 11 heteroatoms. The van der Waals surface area contributed by atoms with Crippen molar-refractivity contribution in [2.45, 2.75) is 58.7 Å². The summed E-state index contributed by atoms with van der Waals surface area (Å²) in [6.45, 7) is 7.92. The standard InChI is InChI=1S/C29H38F2N4O5/c1-6-32-28(39)26(17(3)4)34-25(37)16-24(36)23(13-18-11-21(30)15-22(31)12-18)33-27(38)19-9-8-10-20(14-19)29(40)35(5)7-2/h8-12,14-15,17,23-24,26,36H,6-7,13,16H2,1-5H3,(H,32,39)(H,33,38)(H,34,37)/t23-,24+,26-/m0/s1. The van der Waals surface area contributed by atoms with Gasteiger partial charge in [0.25, 0.3) is 11.8 Å². The van der Waals surface area contributed by atoms with Gasteiger partial charge in [-0.2, -0.15) is 0 Å². The van der Waals surface area contributed by atoms with Gasteiger partial charge in [0.2, 0.25) is 11.8 Å². The molecule has 0 spiro atoms. The van der Waals surface area contributed by atoms with Gasteiger partial charge in [-0.3, -0.25) is 19.2 Å². The average molecular weight is 561 g/mol. The lowest BCUT2D eigenvalue weighted by Crippen LogP contribution is -2.52. The van der Waals surface area contributed by atoms with Crippen LogP contribution in [0.4, 0.5) is 8.78 Å². The van der Waals surface area contributed by atoms with Gasteiger partial charge in [0.1, 0.15) is 17.7 Å². The van der Waals surface area contributed by atoms with Crippen molar-refractivity contribution in [3.63, 3.8) is 0 Å². The Morgan fingerprint density at radius 3 is 2.15 bits per heavy atom. The second-order valence-electron chi connectivity index (χ2n) is 9.92. The van der Waals surface area contributed by atoms with Crippen LogP contribution in [-0.4, -0.2) is 72.0 Å². The summed E-state index contributed by atoms with van der Waals surface area (Å²) in [5, 5.41) is 18.9. The zero-order chi connectivity index (χ0) is 30.0. The van der Waals surface area contributed by atoms with Crippen LogP contribution in [0.25, 0.3) is 0 Å². The molecule has 9 nitrogen and oxygen atoms in total. The first-order valence-corrected chi connectivity index (χ1v) is 13.2. The summed E-state index contributed by atoms with van der Waals surface area (Å²) in [4.78, 5) is 52.3. The summed E-state index contributed by atoms with van der Waals surface area (Å²) in [5.41, 5.74) is 0.558. The third-order valence-electron chi connectivity index (χ3n) is 6.36. The number of likely N-dealkylation sites (N-methyl/N-ethyl adjacent to an activating group) is 1. The highest BCUT2D eigenvalue weighted by Crippen LogP contribution is 2.15. The molecule has 0 fully saturated rings. The van der Waals surface area contributed by atoms with Crippen LogP contribution in [0, 0.1) is 17.6 Å². The Hall–Kier alpha value is -3.86. The van der Waals surface area contributed by atoms with Crippen LogP contribution in [-0.2, 0) is 16.0 Å². The third kappa shape index (κ3) is 9.41. The monoisotopic (exact) mass is 560 g/mol. The normalized spacial score (nSPS) is 13.2. The van der Waals surface area contributed by atoms with E-state index in [0.717, 1.165) is 12.1 Å². The minimum Gasteiger partial charge on any atom is -0.390 e. The van der Waals surface area contributed by atoms with Gasteiger partial charge in [-0.05, 0) is 62.1 Å². The van der Waals surface area contributed by atoms with E-state index in [1.54, 1.807) is 40.0 Å². The molecular formula is C29H38F2N4O5. The van der Waals surface area contributed by atoms with Crippen molar-refractivity contribution in [3.8, 4) is 0 Å². The SMILES string of the molecule is CCNC(=O)[C@@H](NC(=O)C[C@@H](O)[C@H](Cc1cc(F)cc(F)c1)NC(=O)c1cccc(C(=O)N(C)CC)c1)C(C)C. The molecule has 0 radical (unpaired) electrons. The van der Waals surface area contributed by atoms with Crippen molar-refractivity contribution in [2.24, 2.45) is 5.92 Å². The first kappa shape index (κ1) is 32.4.